The van der Waals surface area contributed by atoms with Gasteiger partial charge >= 0.3 is 12.1 Å². The molecule has 0 saturated carbocycles. The van der Waals surface area contributed by atoms with E-state index in [9.17, 15) is 22.8 Å². The van der Waals surface area contributed by atoms with Crippen LogP contribution in [0.5, 0.6) is 0 Å². The van der Waals surface area contributed by atoms with Crippen LogP contribution >= 0.6 is 0 Å². The van der Waals surface area contributed by atoms with Gasteiger partial charge in [-0.25, -0.2) is 0 Å². The van der Waals surface area contributed by atoms with Crippen LogP contribution in [0.15, 0.2) is 30.3 Å². The van der Waals surface area contributed by atoms with Crippen molar-refractivity contribution in [3.63, 3.8) is 0 Å². The second-order valence-corrected chi connectivity index (χ2v) is 5.24. The summed E-state index contributed by atoms with van der Waals surface area (Å²) in [6, 6.07) is 7.38. The molecule has 23 heavy (non-hydrogen) atoms. The molecular weight excluding hydrogens is 313 g/mol. The van der Waals surface area contributed by atoms with Crippen molar-refractivity contribution in [1.82, 2.24) is 5.32 Å². The van der Waals surface area contributed by atoms with E-state index in [4.69, 9.17) is 4.74 Å². The first-order valence-corrected chi connectivity index (χ1v) is 7.00. The van der Waals surface area contributed by atoms with Gasteiger partial charge in [-0.15, -0.1) is 0 Å². The van der Waals surface area contributed by atoms with Gasteiger partial charge in [0.25, 0.3) is 5.91 Å². The fraction of sp³-hybridized carbons (Fsp3) is 0.467. The van der Waals surface area contributed by atoms with Gasteiger partial charge in [-0.05, 0) is 18.1 Å². The van der Waals surface area contributed by atoms with Gasteiger partial charge in [0.1, 0.15) is 6.04 Å². The lowest BCUT2D eigenvalue weighted by molar-refractivity contribution is -0.153. The third-order valence-corrected chi connectivity index (χ3v) is 2.85. The molecule has 0 aliphatic heterocycles. The molecule has 0 radical (unpaired) electrons. The molecule has 2 N–H and O–H groups in total. The van der Waals surface area contributed by atoms with Gasteiger partial charge in [0.15, 0.2) is 6.61 Å². The predicted molar refractivity (Wildman–Crippen MR) is 78.7 cm³/mol. The number of alkyl halides is 3. The van der Waals surface area contributed by atoms with E-state index in [-0.39, 0.29) is 0 Å². The number of anilines is 1. The Kier molecular flexibility index (Phi) is 7.02. The van der Waals surface area contributed by atoms with E-state index in [0.29, 0.717) is 5.69 Å². The third kappa shape index (κ3) is 7.64. The van der Waals surface area contributed by atoms with E-state index in [1.807, 2.05) is 0 Å². The van der Waals surface area contributed by atoms with Crippen molar-refractivity contribution in [1.29, 1.82) is 0 Å². The Labute approximate surface area is 132 Å². The molecule has 0 aliphatic carbocycles. The van der Waals surface area contributed by atoms with E-state index < -0.39 is 43.2 Å². The highest BCUT2D eigenvalue weighted by Crippen LogP contribution is 2.14. The highest BCUT2D eigenvalue weighted by Gasteiger charge is 2.32. The van der Waals surface area contributed by atoms with Crippen molar-refractivity contribution in [2.24, 2.45) is 5.92 Å². The number of carbonyl (C=O) groups excluding carboxylic acids is 2. The van der Waals surface area contributed by atoms with Crippen molar-refractivity contribution in [2.75, 3.05) is 18.5 Å². The van der Waals surface area contributed by atoms with Crippen LogP contribution in [0.25, 0.3) is 0 Å². The Balaban J connectivity index is 2.47. The molecular formula is C15H19F3N2O3. The minimum Gasteiger partial charge on any atom is -0.454 e. The SMILES string of the molecule is CC(C)[C@@H](NCC(F)(F)F)C(=O)OCC(=O)Nc1ccccc1. The molecule has 0 heterocycles. The Morgan fingerprint density at radius 1 is 1.17 bits per heavy atom. The lowest BCUT2D eigenvalue weighted by Crippen LogP contribution is -2.46. The number of esters is 1. The molecule has 8 heteroatoms. The number of ether oxygens (including phenoxy) is 1. The van der Waals surface area contributed by atoms with E-state index in [1.165, 1.54) is 0 Å². The molecule has 1 aromatic carbocycles. The molecule has 0 saturated heterocycles. The summed E-state index contributed by atoms with van der Waals surface area (Å²) >= 11 is 0. The van der Waals surface area contributed by atoms with E-state index in [0.717, 1.165) is 0 Å². The Bertz CT molecular complexity index is 518. The van der Waals surface area contributed by atoms with Gasteiger partial charge in [-0.3, -0.25) is 14.9 Å². The van der Waals surface area contributed by atoms with E-state index in [1.54, 1.807) is 44.2 Å². The summed E-state index contributed by atoms with van der Waals surface area (Å²) in [5, 5.41) is 4.61. The minimum atomic E-state index is -4.43. The van der Waals surface area contributed by atoms with Crippen molar-refractivity contribution in [3.8, 4) is 0 Å². The summed E-state index contributed by atoms with van der Waals surface area (Å²) in [4.78, 5) is 23.5. The molecule has 1 atom stereocenters. The topological polar surface area (TPSA) is 67.4 Å². The average Bonchev–Trinajstić information content (AvgIpc) is 2.44. The molecule has 1 rings (SSSR count). The minimum absolute atomic E-state index is 0.415. The summed E-state index contributed by atoms with van der Waals surface area (Å²) in [5.74, 6) is -1.88. The van der Waals surface area contributed by atoms with Gasteiger partial charge < -0.3 is 10.1 Å². The first kappa shape index (κ1) is 19.0. The number of hydrogen-bond donors (Lipinski definition) is 2. The Morgan fingerprint density at radius 2 is 1.78 bits per heavy atom. The molecule has 1 aromatic rings. The van der Waals surface area contributed by atoms with Crippen LogP contribution in [0.2, 0.25) is 0 Å². The predicted octanol–water partition coefficient (Wildman–Crippen LogP) is 2.34. The van der Waals surface area contributed by atoms with E-state index >= 15 is 0 Å². The van der Waals surface area contributed by atoms with Gasteiger partial charge in [0.05, 0.1) is 6.54 Å². The number of rotatable bonds is 7. The molecule has 5 nitrogen and oxygen atoms in total. The van der Waals surface area contributed by atoms with Gasteiger partial charge in [0, 0.05) is 5.69 Å². The first-order valence-electron chi connectivity index (χ1n) is 7.00. The highest BCUT2D eigenvalue weighted by atomic mass is 19.4. The summed E-state index contributed by atoms with van der Waals surface area (Å²) in [7, 11) is 0. The van der Waals surface area contributed by atoms with Crippen molar-refractivity contribution in [3.05, 3.63) is 30.3 Å². The zero-order valence-electron chi connectivity index (χ0n) is 12.8. The average molecular weight is 332 g/mol. The third-order valence-electron chi connectivity index (χ3n) is 2.85. The molecule has 0 bridgehead atoms. The van der Waals surface area contributed by atoms with Gasteiger partial charge in [0.2, 0.25) is 0 Å². The van der Waals surface area contributed by atoms with Crippen molar-refractivity contribution >= 4 is 17.6 Å². The molecule has 0 aromatic heterocycles. The number of carbonyl (C=O) groups is 2. The number of nitrogens with one attached hydrogen (secondary N) is 2. The van der Waals surface area contributed by atoms with Crippen LogP contribution in [-0.2, 0) is 14.3 Å². The van der Waals surface area contributed by atoms with Gasteiger partial charge in [-0.2, -0.15) is 13.2 Å². The molecule has 0 unspecified atom stereocenters. The second kappa shape index (κ2) is 8.52. The first-order chi connectivity index (χ1) is 10.7. The maximum Gasteiger partial charge on any atom is 0.401 e. The molecule has 1 amide bonds. The lowest BCUT2D eigenvalue weighted by Gasteiger charge is -2.21. The van der Waals surface area contributed by atoms with Crippen LogP contribution in [0.4, 0.5) is 18.9 Å². The highest BCUT2D eigenvalue weighted by molar-refractivity contribution is 5.93. The quantitative estimate of drug-likeness (QED) is 0.752. The maximum atomic E-state index is 12.2. The fourth-order valence-corrected chi connectivity index (χ4v) is 1.76. The Morgan fingerprint density at radius 3 is 2.30 bits per heavy atom. The van der Waals surface area contributed by atoms with Crippen LogP contribution in [-0.4, -0.2) is 37.2 Å². The summed E-state index contributed by atoms with van der Waals surface area (Å²) in [6.45, 7) is 1.30. The number of hydrogen-bond acceptors (Lipinski definition) is 4. The molecule has 128 valence electrons. The number of amides is 1. The number of para-hydroxylation sites is 1. The van der Waals surface area contributed by atoms with Gasteiger partial charge in [-0.1, -0.05) is 32.0 Å². The van der Waals surface area contributed by atoms with Crippen molar-refractivity contribution < 1.29 is 27.5 Å². The summed E-state index contributed by atoms with van der Waals surface area (Å²) in [5.41, 5.74) is 0.532. The smallest absolute Gasteiger partial charge is 0.401 e. The second-order valence-electron chi connectivity index (χ2n) is 5.24. The lowest BCUT2D eigenvalue weighted by atomic mass is 10.0. The summed E-state index contributed by atoms with van der Waals surface area (Å²) < 4.78 is 41.4. The monoisotopic (exact) mass is 332 g/mol. The summed E-state index contributed by atoms with van der Waals surface area (Å²) in [6.07, 6.45) is -4.43. The zero-order chi connectivity index (χ0) is 17.5. The van der Waals surface area contributed by atoms with Crippen LogP contribution in [0.1, 0.15) is 13.8 Å². The maximum absolute atomic E-state index is 12.2. The fourth-order valence-electron chi connectivity index (χ4n) is 1.76. The van der Waals surface area contributed by atoms with Crippen LogP contribution in [0, 0.1) is 5.92 Å². The molecule has 0 fully saturated rings. The van der Waals surface area contributed by atoms with Crippen molar-refractivity contribution in [2.45, 2.75) is 26.1 Å². The Hall–Kier alpha value is -2.09. The molecule has 0 aliphatic rings. The molecule has 0 spiro atoms. The number of halogens is 3. The largest absolute Gasteiger partial charge is 0.454 e. The normalized spacial score (nSPS) is 12.8. The standard InChI is InChI=1S/C15H19F3N2O3/c1-10(2)13(19-9-15(16,17)18)14(22)23-8-12(21)20-11-6-4-3-5-7-11/h3-7,10,13,19H,8-9H2,1-2H3,(H,20,21)/t13-/m1/s1. The van der Waals surface area contributed by atoms with E-state index in [2.05, 4.69) is 10.6 Å². The zero-order valence-corrected chi connectivity index (χ0v) is 12.8. The number of benzene rings is 1. The van der Waals surface area contributed by atoms with Crippen LogP contribution in [0.3, 0.4) is 0 Å². The van der Waals surface area contributed by atoms with Crippen LogP contribution < -0.4 is 10.6 Å².